The monoisotopic (exact) mass is 381 g/mol. The number of benzene rings is 1. The Kier molecular flexibility index (Phi) is 5.88. The van der Waals surface area contributed by atoms with Gasteiger partial charge in [-0.3, -0.25) is 9.78 Å². The molecule has 28 heavy (non-hydrogen) atoms. The first kappa shape index (κ1) is 18.9. The molecule has 2 saturated heterocycles. The first-order valence-corrected chi connectivity index (χ1v) is 9.91. The Morgan fingerprint density at radius 1 is 1.14 bits per heavy atom. The molecule has 6 heteroatoms. The molecule has 0 saturated carbocycles. The summed E-state index contributed by atoms with van der Waals surface area (Å²) in [7, 11) is 0. The van der Waals surface area contributed by atoms with Gasteiger partial charge in [-0.1, -0.05) is 0 Å². The van der Waals surface area contributed by atoms with Crippen molar-refractivity contribution in [2.75, 3.05) is 44.4 Å². The normalized spacial score (nSPS) is 22.2. The summed E-state index contributed by atoms with van der Waals surface area (Å²) in [5, 5.41) is 3.18. The molecule has 2 unspecified atom stereocenters. The highest BCUT2D eigenvalue weighted by molar-refractivity contribution is 5.95. The van der Waals surface area contributed by atoms with Gasteiger partial charge in [-0.2, -0.15) is 0 Å². The van der Waals surface area contributed by atoms with Crippen LogP contribution in [0.15, 0.2) is 42.7 Å². The highest BCUT2D eigenvalue weighted by Crippen LogP contribution is 2.23. The van der Waals surface area contributed by atoms with Crippen LogP contribution in [0.3, 0.4) is 0 Å². The van der Waals surface area contributed by atoms with Crippen LogP contribution in [0, 0.1) is 12.8 Å². The average Bonchev–Trinajstić information content (AvgIpc) is 3.16. The van der Waals surface area contributed by atoms with Crippen LogP contribution < -0.4 is 10.2 Å². The number of aromatic nitrogens is 1. The van der Waals surface area contributed by atoms with Crippen LogP contribution in [-0.2, 0) is 15.9 Å². The molecule has 0 aliphatic carbocycles. The van der Waals surface area contributed by atoms with E-state index >= 15 is 0 Å². The second-order valence-electron chi connectivity index (χ2n) is 7.54. The lowest BCUT2D eigenvalue weighted by Crippen LogP contribution is -2.40. The number of amides is 1. The third-order valence-electron chi connectivity index (χ3n) is 5.57. The Bertz CT molecular complexity index is 806. The van der Waals surface area contributed by atoms with Gasteiger partial charge in [0.1, 0.15) is 0 Å². The third kappa shape index (κ3) is 4.34. The van der Waals surface area contributed by atoms with Crippen LogP contribution in [0.1, 0.15) is 21.5 Å². The highest BCUT2D eigenvalue weighted by atomic mass is 16.5. The molecular formula is C22H27N3O3. The van der Waals surface area contributed by atoms with Crippen molar-refractivity contribution >= 4 is 11.6 Å². The molecule has 2 atom stereocenters. The Labute approximate surface area is 165 Å². The van der Waals surface area contributed by atoms with Crippen LogP contribution in [0.25, 0.3) is 0 Å². The van der Waals surface area contributed by atoms with Crippen molar-refractivity contribution in [2.24, 2.45) is 5.92 Å². The number of carbonyl (C=O) groups excluding carboxylic acids is 1. The van der Waals surface area contributed by atoms with Gasteiger partial charge < -0.3 is 19.7 Å². The summed E-state index contributed by atoms with van der Waals surface area (Å²) >= 11 is 0. The van der Waals surface area contributed by atoms with E-state index in [0.29, 0.717) is 18.8 Å². The van der Waals surface area contributed by atoms with Crippen LogP contribution >= 0.6 is 0 Å². The minimum absolute atomic E-state index is 0.0277. The molecule has 2 aromatic rings. The fourth-order valence-electron chi connectivity index (χ4n) is 3.99. The summed E-state index contributed by atoms with van der Waals surface area (Å²) in [5.74, 6) is 0.243. The number of anilines is 1. The lowest BCUT2D eigenvalue weighted by Gasteiger charge is -2.30. The number of rotatable bonds is 5. The van der Waals surface area contributed by atoms with Crippen molar-refractivity contribution in [1.29, 1.82) is 0 Å². The maximum Gasteiger partial charge on any atom is 0.251 e. The predicted molar refractivity (Wildman–Crippen MR) is 108 cm³/mol. The molecule has 148 valence electrons. The molecule has 0 radical (unpaired) electrons. The maximum absolute atomic E-state index is 12.8. The van der Waals surface area contributed by atoms with Gasteiger partial charge in [0, 0.05) is 42.7 Å². The van der Waals surface area contributed by atoms with Gasteiger partial charge in [0.05, 0.1) is 32.5 Å². The van der Waals surface area contributed by atoms with Gasteiger partial charge >= 0.3 is 0 Å². The zero-order valence-corrected chi connectivity index (χ0v) is 16.3. The number of morpholine rings is 1. The number of carbonyl (C=O) groups is 1. The molecule has 6 nitrogen and oxygen atoms in total. The van der Waals surface area contributed by atoms with Gasteiger partial charge in [0.15, 0.2) is 0 Å². The van der Waals surface area contributed by atoms with Crippen molar-refractivity contribution in [2.45, 2.75) is 19.4 Å². The summed E-state index contributed by atoms with van der Waals surface area (Å²) in [6, 6.07) is 10.0. The molecule has 3 heterocycles. The molecule has 1 aromatic heterocycles. The van der Waals surface area contributed by atoms with E-state index in [4.69, 9.17) is 9.47 Å². The van der Waals surface area contributed by atoms with Crippen LogP contribution in [0.2, 0.25) is 0 Å². The molecule has 2 aliphatic heterocycles. The van der Waals surface area contributed by atoms with Crippen molar-refractivity contribution in [3.63, 3.8) is 0 Å². The molecule has 1 aromatic carbocycles. The number of nitrogens with one attached hydrogen (secondary N) is 1. The molecule has 1 N–H and O–H groups in total. The molecule has 2 fully saturated rings. The Hall–Kier alpha value is -2.44. The molecule has 2 aliphatic rings. The van der Waals surface area contributed by atoms with Gasteiger partial charge in [-0.05, 0) is 54.8 Å². The number of pyridine rings is 1. The fraction of sp³-hybridized carbons (Fsp3) is 0.455. The number of hydrogen-bond donors (Lipinski definition) is 1. The summed E-state index contributed by atoms with van der Waals surface area (Å²) in [6.07, 6.45) is 4.48. The second-order valence-corrected chi connectivity index (χ2v) is 7.54. The van der Waals surface area contributed by atoms with E-state index in [9.17, 15) is 4.79 Å². The third-order valence-corrected chi connectivity index (χ3v) is 5.57. The summed E-state index contributed by atoms with van der Waals surface area (Å²) in [6.45, 7) is 6.58. The fourth-order valence-corrected chi connectivity index (χ4v) is 3.99. The highest BCUT2D eigenvalue weighted by Gasteiger charge is 2.30. The Morgan fingerprint density at radius 2 is 1.93 bits per heavy atom. The van der Waals surface area contributed by atoms with Crippen LogP contribution in [-0.4, -0.2) is 56.5 Å². The molecule has 0 spiro atoms. The van der Waals surface area contributed by atoms with E-state index < -0.39 is 0 Å². The number of nitrogens with zero attached hydrogens (tertiary/aromatic N) is 2. The maximum atomic E-state index is 12.8. The van der Waals surface area contributed by atoms with Crippen molar-refractivity contribution in [3.8, 4) is 0 Å². The first-order valence-electron chi connectivity index (χ1n) is 9.91. The van der Waals surface area contributed by atoms with E-state index in [0.717, 1.165) is 38.3 Å². The average molecular weight is 381 g/mol. The topological polar surface area (TPSA) is 63.7 Å². The van der Waals surface area contributed by atoms with E-state index in [-0.39, 0.29) is 17.9 Å². The summed E-state index contributed by atoms with van der Waals surface area (Å²) in [4.78, 5) is 19.2. The standard InChI is InChI=1S/C22H27N3O3/c1-16-12-18(2-3-21(16)25-8-10-27-11-9-25)22(26)24-20-15-28-14-19(20)13-17-4-6-23-7-5-17/h2-7,12,19-20H,8-11,13-15H2,1H3,(H,24,26). The van der Waals surface area contributed by atoms with Crippen LogP contribution in [0.4, 0.5) is 5.69 Å². The smallest absolute Gasteiger partial charge is 0.251 e. The molecule has 0 bridgehead atoms. The van der Waals surface area contributed by atoms with E-state index in [1.54, 1.807) is 12.4 Å². The molecule has 1 amide bonds. The largest absolute Gasteiger partial charge is 0.379 e. The molecular weight excluding hydrogens is 354 g/mol. The van der Waals surface area contributed by atoms with Gasteiger partial charge in [0.2, 0.25) is 0 Å². The number of aryl methyl sites for hydroxylation is 1. The van der Waals surface area contributed by atoms with Crippen LogP contribution in [0.5, 0.6) is 0 Å². The number of hydrogen-bond acceptors (Lipinski definition) is 5. The van der Waals surface area contributed by atoms with Crippen molar-refractivity contribution < 1.29 is 14.3 Å². The summed E-state index contributed by atoms with van der Waals surface area (Å²) in [5.41, 5.74) is 4.21. The number of ether oxygens (including phenoxy) is 2. The lowest BCUT2D eigenvalue weighted by atomic mass is 9.95. The SMILES string of the molecule is Cc1cc(C(=O)NC2COCC2Cc2ccncc2)ccc1N1CCOCC1. The van der Waals surface area contributed by atoms with E-state index in [2.05, 4.69) is 28.2 Å². The summed E-state index contributed by atoms with van der Waals surface area (Å²) < 4.78 is 11.1. The van der Waals surface area contributed by atoms with Gasteiger partial charge in [-0.25, -0.2) is 0 Å². The Balaban J connectivity index is 1.40. The Morgan fingerprint density at radius 3 is 2.68 bits per heavy atom. The first-order chi connectivity index (χ1) is 13.7. The zero-order chi connectivity index (χ0) is 19.3. The predicted octanol–water partition coefficient (Wildman–Crippen LogP) is 2.21. The minimum Gasteiger partial charge on any atom is -0.379 e. The zero-order valence-electron chi connectivity index (χ0n) is 16.3. The second kappa shape index (κ2) is 8.71. The quantitative estimate of drug-likeness (QED) is 0.860. The minimum atomic E-state index is -0.0353. The van der Waals surface area contributed by atoms with Gasteiger partial charge in [0.25, 0.3) is 5.91 Å². The lowest BCUT2D eigenvalue weighted by molar-refractivity contribution is 0.0925. The molecule has 4 rings (SSSR count). The van der Waals surface area contributed by atoms with Crippen molar-refractivity contribution in [3.05, 3.63) is 59.4 Å². The van der Waals surface area contributed by atoms with E-state index in [1.807, 2.05) is 24.3 Å². The van der Waals surface area contributed by atoms with Crippen molar-refractivity contribution in [1.82, 2.24) is 10.3 Å². The van der Waals surface area contributed by atoms with Gasteiger partial charge in [-0.15, -0.1) is 0 Å². The van der Waals surface area contributed by atoms with E-state index in [1.165, 1.54) is 11.3 Å².